The maximum atomic E-state index is 12.3. The van der Waals surface area contributed by atoms with Gasteiger partial charge in [0, 0.05) is 21.8 Å². The third-order valence-corrected chi connectivity index (χ3v) is 3.49. The van der Waals surface area contributed by atoms with Crippen molar-refractivity contribution >= 4 is 33.2 Å². The molecule has 0 heterocycles. The predicted molar refractivity (Wildman–Crippen MR) is 84.2 cm³/mol. The van der Waals surface area contributed by atoms with E-state index in [1.807, 2.05) is 25.1 Å². The summed E-state index contributed by atoms with van der Waals surface area (Å²) in [6.07, 6.45) is 0. The second-order valence-electron chi connectivity index (χ2n) is 4.43. The number of benzene rings is 2. The van der Waals surface area contributed by atoms with Crippen LogP contribution in [0.15, 0.2) is 40.9 Å². The van der Waals surface area contributed by atoms with Crippen LogP contribution in [0.25, 0.3) is 0 Å². The first-order valence-electron chi connectivity index (χ1n) is 6.01. The van der Waals surface area contributed by atoms with Crippen LogP contribution in [0.5, 0.6) is 5.75 Å². The Bertz CT molecular complexity index is 656. The van der Waals surface area contributed by atoms with E-state index < -0.39 is 0 Å². The summed E-state index contributed by atoms with van der Waals surface area (Å²) < 4.78 is 5.94. The minimum absolute atomic E-state index is 0.234. The number of nitrogens with two attached hydrogens (primary N) is 1. The van der Waals surface area contributed by atoms with Gasteiger partial charge in [-0.1, -0.05) is 6.07 Å². The van der Waals surface area contributed by atoms with Gasteiger partial charge >= 0.3 is 0 Å². The molecule has 0 unspecified atom stereocenters. The van der Waals surface area contributed by atoms with E-state index in [4.69, 9.17) is 10.5 Å². The summed E-state index contributed by atoms with van der Waals surface area (Å²) >= 11 is 3.41. The number of hydrogen-bond acceptors (Lipinski definition) is 3. The predicted octanol–water partition coefficient (Wildman–Crippen LogP) is 3.60. The van der Waals surface area contributed by atoms with Gasteiger partial charge in [0.25, 0.3) is 5.91 Å². The summed E-state index contributed by atoms with van der Waals surface area (Å²) in [6, 6.07) is 10.7. The molecule has 0 aliphatic carbocycles. The zero-order chi connectivity index (χ0) is 14.7. The van der Waals surface area contributed by atoms with Gasteiger partial charge in [0.05, 0.1) is 12.8 Å². The Labute approximate surface area is 126 Å². The minimum atomic E-state index is -0.234. The lowest BCUT2D eigenvalue weighted by Crippen LogP contribution is -2.13. The fourth-order valence-electron chi connectivity index (χ4n) is 1.80. The van der Waals surface area contributed by atoms with Crippen LogP contribution in [0.2, 0.25) is 0 Å². The molecule has 0 radical (unpaired) electrons. The van der Waals surface area contributed by atoms with Crippen molar-refractivity contribution in [2.45, 2.75) is 6.92 Å². The SMILES string of the molecule is COc1cc(N)cc(C(=O)Nc2cc(C)ccc2Br)c1. The van der Waals surface area contributed by atoms with E-state index in [2.05, 4.69) is 21.2 Å². The van der Waals surface area contributed by atoms with Gasteiger partial charge in [-0.2, -0.15) is 0 Å². The fourth-order valence-corrected chi connectivity index (χ4v) is 2.15. The summed E-state index contributed by atoms with van der Waals surface area (Å²) in [5.74, 6) is 0.320. The number of ether oxygens (including phenoxy) is 1. The highest BCUT2D eigenvalue weighted by Gasteiger charge is 2.10. The Hall–Kier alpha value is -2.01. The highest BCUT2D eigenvalue weighted by molar-refractivity contribution is 9.10. The lowest BCUT2D eigenvalue weighted by molar-refractivity contribution is 0.102. The van der Waals surface area contributed by atoms with Crippen LogP contribution >= 0.6 is 15.9 Å². The molecule has 0 aliphatic heterocycles. The second-order valence-corrected chi connectivity index (χ2v) is 5.29. The number of rotatable bonds is 3. The lowest BCUT2D eigenvalue weighted by Gasteiger charge is -2.10. The molecule has 0 aromatic heterocycles. The molecular formula is C15H15BrN2O2. The van der Waals surface area contributed by atoms with Crippen LogP contribution in [0.1, 0.15) is 15.9 Å². The van der Waals surface area contributed by atoms with Crippen LogP contribution in [0.3, 0.4) is 0 Å². The topological polar surface area (TPSA) is 64.3 Å². The van der Waals surface area contributed by atoms with E-state index in [1.54, 1.807) is 18.2 Å². The molecule has 20 heavy (non-hydrogen) atoms. The number of hydrogen-bond donors (Lipinski definition) is 2. The van der Waals surface area contributed by atoms with E-state index in [0.717, 1.165) is 15.7 Å². The van der Waals surface area contributed by atoms with E-state index in [9.17, 15) is 4.79 Å². The first-order chi connectivity index (χ1) is 9.49. The second kappa shape index (κ2) is 5.96. The highest BCUT2D eigenvalue weighted by atomic mass is 79.9. The monoisotopic (exact) mass is 334 g/mol. The number of carbonyl (C=O) groups excluding carboxylic acids is 1. The number of carbonyl (C=O) groups is 1. The number of methoxy groups -OCH3 is 1. The number of nitrogens with one attached hydrogen (secondary N) is 1. The molecule has 0 aliphatic rings. The first kappa shape index (κ1) is 14.4. The molecule has 104 valence electrons. The summed E-state index contributed by atoms with van der Waals surface area (Å²) in [5, 5.41) is 2.85. The van der Waals surface area contributed by atoms with Crippen LogP contribution in [0, 0.1) is 6.92 Å². The van der Waals surface area contributed by atoms with Crippen molar-refractivity contribution in [1.29, 1.82) is 0 Å². The maximum absolute atomic E-state index is 12.3. The summed E-state index contributed by atoms with van der Waals surface area (Å²) in [5.41, 5.74) is 8.47. The van der Waals surface area contributed by atoms with Gasteiger partial charge in [-0.3, -0.25) is 4.79 Å². The molecule has 5 heteroatoms. The van der Waals surface area contributed by atoms with Gasteiger partial charge in [0.2, 0.25) is 0 Å². The molecule has 4 nitrogen and oxygen atoms in total. The van der Waals surface area contributed by atoms with Crippen molar-refractivity contribution in [2.24, 2.45) is 0 Å². The molecule has 0 saturated carbocycles. The normalized spacial score (nSPS) is 10.2. The lowest BCUT2D eigenvalue weighted by atomic mass is 10.1. The molecular weight excluding hydrogens is 320 g/mol. The molecule has 3 N–H and O–H groups in total. The van der Waals surface area contributed by atoms with Crippen LogP contribution in [0.4, 0.5) is 11.4 Å². The molecule has 1 amide bonds. The smallest absolute Gasteiger partial charge is 0.255 e. The van der Waals surface area contributed by atoms with Crippen molar-refractivity contribution in [1.82, 2.24) is 0 Å². The van der Waals surface area contributed by atoms with Gasteiger partial charge in [-0.25, -0.2) is 0 Å². The van der Waals surface area contributed by atoms with Crippen molar-refractivity contribution in [3.63, 3.8) is 0 Å². The van der Waals surface area contributed by atoms with Crippen molar-refractivity contribution in [3.05, 3.63) is 52.0 Å². The van der Waals surface area contributed by atoms with Gasteiger partial charge in [0.15, 0.2) is 0 Å². The molecule has 2 rings (SSSR count). The molecule has 0 saturated heterocycles. The first-order valence-corrected chi connectivity index (χ1v) is 6.81. The van der Waals surface area contributed by atoms with Gasteiger partial charge in [0.1, 0.15) is 5.75 Å². The van der Waals surface area contributed by atoms with Crippen LogP contribution in [-0.2, 0) is 0 Å². The number of nitrogen functional groups attached to an aromatic ring is 1. The average Bonchev–Trinajstić information content (AvgIpc) is 2.42. The Kier molecular flexibility index (Phi) is 4.29. The zero-order valence-corrected chi connectivity index (χ0v) is 12.8. The Morgan fingerprint density at radius 1 is 1.25 bits per heavy atom. The van der Waals surface area contributed by atoms with E-state index in [0.29, 0.717) is 17.0 Å². The standard InChI is InChI=1S/C15H15BrN2O2/c1-9-3-4-13(16)14(5-9)18-15(19)10-6-11(17)8-12(7-10)20-2/h3-8H,17H2,1-2H3,(H,18,19). The number of amides is 1. The Balaban J connectivity index is 2.28. The zero-order valence-electron chi connectivity index (χ0n) is 11.2. The molecule has 0 fully saturated rings. The fraction of sp³-hybridized carbons (Fsp3) is 0.133. The van der Waals surface area contributed by atoms with E-state index in [1.165, 1.54) is 7.11 Å². The third kappa shape index (κ3) is 3.30. The average molecular weight is 335 g/mol. The summed E-state index contributed by atoms with van der Waals surface area (Å²) in [4.78, 5) is 12.3. The van der Waals surface area contributed by atoms with Crippen molar-refractivity contribution in [2.75, 3.05) is 18.2 Å². The third-order valence-electron chi connectivity index (χ3n) is 2.80. The van der Waals surface area contributed by atoms with Crippen LogP contribution in [-0.4, -0.2) is 13.0 Å². The summed E-state index contributed by atoms with van der Waals surface area (Å²) in [7, 11) is 1.54. The van der Waals surface area contributed by atoms with Crippen molar-refractivity contribution < 1.29 is 9.53 Å². The van der Waals surface area contributed by atoms with E-state index in [-0.39, 0.29) is 5.91 Å². The highest BCUT2D eigenvalue weighted by Crippen LogP contribution is 2.25. The summed E-state index contributed by atoms with van der Waals surface area (Å²) in [6.45, 7) is 1.96. The van der Waals surface area contributed by atoms with E-state index >= 15 is 0 Å². The Morgan fingerprint density at radius 2 is 2.00 bits per heavy atom. The van der Waals surface area contributed by atoms with Crippen LogP contribution < -0.4 is 15.8 Å². The minimum Gasteiger partial charge on any atom is -0.497 e. The Morgan fingerprint density at radius 3 is 2.70 bits per heavy atom. The van der Waals surface area contributed by atoms with Crippen molar-refractivity contribution in [3.8, 4) is 5.75 Å². The molecule has 0 bridgehead atoms. The van der Waals surface area contributed by atoms with Gasteiger partial charge in [-0.05, 0) is 52.7 Å². The quantitative estimate of drug-likeness (QED) is 0.843. The largest absolute Gasteiger partial charge is 0.497 e. The van der Waals surface area contributed by atoms with Gasteiger partial charge in [-0.15, -0.1) is 0 Å². The number of halogens is 1. The molecule has 2 aromatic rings. The number of anilines is 2. The maximum Gasteiger partial charge on any atom is 0.255 e. The number of aryl methyl sites for hydroxylation is 1. The molecule has 2 aromatic carbocycles. The van der Waals surface area contributed by atoms with Gasteiger partial charge < -0.3 is 15.8 Å². The molecule has 0 atom stereocenters. The molecule has 0 spiro atoms.